The van der Waals surface area contributed by atoms with Crippen LogP contribution >= 0.6 is 0 Å². The van der Waals surface area contributed by atoms with Crippen LogP contribution in [0.3, 0.4) is 0 Å². The van der Waals surface area contributed by atoms with E-state index >= 15 is 0 Å². The SMILES string of the molecule is CCS(=O)(=O)Nc1ncccc1CNc1nc(Nc2ccccc2)ncc1C(F)(F)F. The van der Waals surface area contributed by atoms with Crippen LogP contribution in [0.2, 0.25) is 0 Å². The summed E-state index contributed by atoms with van der Waals surface area (Å²) < 4.78 is 66.3. The van der Waals surface area contributed by atoms with E-state index < -0.39 is 27.6 Å². The second-order valence-electron chi connectivity index (χ2n) is 6.31. The number of sulfonamides is 1. The van der Waals surface area contributed by atoms with Crippen molar-refractivity contribution in [2.45, 2.75) is 19.6 Å². The highest BCUT2D eigenvalue weighted by atomic mass is 32.2. The average Bonchev–Trinajstić information content (AvgIpc) is 2.73. The molecule has 0 aliphatic heterocycles. The van der Waals surface area contributed by atoms with Crippen LogP contribution in [0.15, 0.2) is 54.9 Å². The number of anilines is 4. The Kier molecular flexibility index (Phi) is 6.59. The number of aromatic nitrogens is 3. The molecule has 0 amide bonds. The van der Waals surface area contributed by atoms with Crippen molar-refractivity contribution in [3.63, 3.8) is 0 Å². The van der Waals surface area contributed by atoms with Crippen molar-refractivity contribution < 1.29 is 21.6 Å². The first kappa shape index (κ1) is 22.3. The number of rotatable bonds is 8. The number of para-hydroxylation sites is 1. The van der Waals surface area contributed by atoms with Crippen molar-refractivity contribution in [1.82, 2.24) is 15.0 Å². The van der Waals surface area contributed by atoms with Gasteiger partial charge in [-0.2, -0.15) is 18.2 Å². The first-order chi connectivity index (χ1) is 14.7. The highest BCUT2D eigenvalue weighted by Gasteiger charge is 2.35. The van der Waals surface area contributed by atoms with Crippen LogP contribution in [-0.4, -0.2) is 29.1 Å². The molecule has 2 aromatic heterocycles. The first-order valence-corrected chi connectivity index (χ1v) is 10.8. The summed E-state index contributed by atoms with van der Waals surface area (Å²) >= 11 is 0. The molecule has 3 N–H and O–H groups in total. The highest BCUT2D eigenvalue weighted by molar-refractivity contribution is 7.92. The highest BCUT2D eigenvalue weighted by Crippen LogP contribution is 2.34. The van der Waals surface area contributed by atoms with Crippen molar-refractivity contribution in [2.24, 2.45) is 0 Å². The van der Waals surface area contributed by atoms with Gasteiger partial charge in [-0.3, -0.25) is 4.72 Å². The summed E-state index contributed by atoms with van der Waals surface area (Å²) in [4.78, 5) is 11.7. The molecule has 3 rings (SSSR count). The topological polar surface area (TPSA) is 109 Å². The number of hydrogen-bond donors (Lipinski definition) is 3. The maximum atomic E-state index is 13.4. The van der Waals surface area contributed by atoms with Crippen LogP contribution in [0.25, 0.3) is 0 Å². The Bertz CT molecular complexity index is 1140. The van der Waals surface area contributed by atoms with E-state index in [2.05, 4.69) is 30.3 Å². The van der Waals surface area contributed by atoms with Crippen molar-refractivity contribution in [3.8, 4) is 0 Å². The van der Waals surface area contributed by atoms with Gasteiger partial charge >= 0.3 is 6.18 Å². The van der Waals surface area contributed by atoms with Crippen molar-refractivity contribution >= 4 is 33.3 Å². The smallest absolute Gasteiger partial charge is 0.365 e. The molecule has 0 aliphatic rings. The number of alkyl halides is 3. The Morgan fingerprint density at radius 2 is 1.74 bits per heavy atom. The van der Waals surface area contributed by atoms with Crippen molar-refractivity contribution in [3.05, 3.63) is 66.0 Å². The van der Waals surface area contributed by atoms with E-state index in [0.717, 1.165) is 0 Å². The van der Waals surface area contributed by atoms with Gasteiger partial charge in [-0.15, -0.1) is 0 Å². The van der Waals surface area contributed by atoms with Gasteiger partial charge in [0, 0.05) is 30.2 Å². The number of hydrogen-bond acceptors (Lipinski definition) is 7. The molecule has 0 spiro atoms. The van der Waals surface area contributed by atoms with E-state index in [0.29, 0.717) is 17.4 Å². The molecule has 3 aromatic rings. The second-order valence-corrected chi connectivity index (χ2v) is 8.33. The molecular weight excluding hydrogens is 433 g/mol. The van der Waals surface area contributed by atoms with E-state index in [1.54, 1.807) is 42.5 Å². The van der Waals surface area contributed by atoms with Crippen LogP contribution in [0.1, 0.15) is 18.1 Å². The Labute approximate surface area is 177 Å². The number of nitrogens with one attached hydrogen (secondary N) is 3. The molecule has 164 valence electrons. The van der Waals surface area contributed by atoms with Crippen LogP contribution in [0.4, 0.5) is 36.4 Å². The minimum atomic E-state index is -4.69. The maximum Gasteiger partial charge on any atom is 0.421 e. The van der Waals surface area contributed by atoms with Crippen LogP contribution in [-0.2, 0) is 22.7 Å². The Morgan fingerprint density at radius 1 is 1.00 bits per heavy atom. The van der Waals surface area contributed by atoms with Gasteiger partial charge in [0.2, 0.25) is 16.0 Å². The first-order valence-electron chi connectivity index (χ1n) is 9.12. The quantitative estimate of drug-likeness (QED) is 0.474. The van der Waals surface area contributed by atoms with Crippen LogP contribution < -0.4 is 15.4 Å². The molecule has 8 nitrogen and oxygen atoms in total. The molecule has 0 saturated carbocycles. The van der Waals surface area contributed by atoms with Gasteiger partial charge in [0.15, 0.2) is 0 Å². The standard InChI is InChI=1S/C19H19F3N6O2S/c1-2-31(29,30)28-16-13(7-6-10-23-16)11-24-17-15(19(20,21)22)12-25-18(27-17)26-14-8-4-3-5-9-14/h3-10,12H,2,11H2,1H3,(H,23,28)(H2,24,25,26,27). The number of pyridine rings is 1. The largest absolute Gasteiger partial charge is 0.421 e. The van der Waals surface area contributed by atoms with Gasteiger partial charge in [0.05, 0.1) is 5.75 Å². The molecule has 2 heterocycles. The molecule has 12 heteroatoms. The number of nitrogens with zero attached hydrogens (tertiary/aromatic N) is 3. The monoisotopic (exact) mass is 452 g/mol. The summed E-state index contributed by atoms with van der Waals surface area (Å²) in [6.45, 7) is 1.31. The fraction of sp³-hybridized carbons (Fsp3) is 0.211. The molecule has 31 heavy (non-hydrogen) atoms. The number of benzene rings is 1. The Balaban J connectivity index is 1.87. The van der Waals surface area contributed by atoms with E-state index in [9.17, 15) is 21.6 Å². The molecule has 0 radical (unpaired) electrons. The third kappa shape index (κ3) is 6.04. The van der Waals surface area contributed by atoms with E-state index in [-0.39, 0.29) is 24.1 Å². The van der Waals surface area contributed by atoms with Gasteiger partial charge < -0.3 is 10.6 Å². The van der Waals surface area contributed by atoms with E-state index in [1.165, 1.54) is 13.1 Å². The van der Waals surface area contributed by atoms with Gasteiger partial charge in [-0.1, -0.05) is 24.3 Å². The Morgan fingerprint density at radius 3 is 2.42 bits per heavy atom. The molecular formula is C19H19F3N6O2S. The lowest BCUT2D eigenvalue weighted by atomic mass is 10.2. The molecule has 0 unspecified atom stereocenters. The maximum absolute atomic E-state index is 13.4. The van der Waals surface area contributed by atoms with E-state index in [4.69, 9.17) is 0 Å². The number of halogens is 3. The summed E-state index contributed by atoms with van der Waals surface area (Å²) in [5.74, 6) is -0.620. The minimum absolute atomic E-state index is 0.0280. The fourth-order valence-corrected chi connectivity index (χ4v) is 3.13. The van der Waals surface area contributed by atoms with Crippen molar-refractivity contribution in [1.29, 1.82) is 0 Å². The third-order valence-corrected chi connectivity index (χ3v) is 5.36. The zero-order valence-corrected chi connectivity index (χ0v) is 17.1. The van der Waals surface area contributed by atoms with Gasteiger partial charge in [0.1, 0.15) is 17.2 Å². The summed E-state index contributed by atoms with van der Waals surface area (Å²) in [6.07, 6.45) is -2.62. The van der Waals surface area contributed by atoms with Crippen LogP contribution in [0, 0.1) is 0 Å². The molecule has 0 fully saturated rings. The molecule has 1 aromatic carbocycles. The summed E-state index contributed by atoms with van der Waals surface area (Å²) in [5.41, 5.74) is -0.0914. The van der Waals surface area contributed by atoms with E-state index in [1.807, 2.05) is 0 Å². The molecule has 0 saturated heterocycles. The average molecular weight is 452 g/mol. The van der Waals surface area contributed by atoms with Crippen LogP contribution in [0.5, 0.6) is 0 Å². The second kappa shape index (κ2) is 9.16. The Hall–Kier alpha value is -3.41. The van der Waals surface area contributed by atoms with Gasteiger partial charge in [-0.05, 0) is 25.1 Å². The molecule has 0 aliphatic carbocycles. The summed E-state index contributed by atoms with van der Waals surface area (Å²) in [5, 5.41) is 5.46. The zero-order valence-electron chi connectivity index (χ0n) is 16.3. The lowest BCUT2D eigenvalue weighted by Gasteiger charge is -2.16. The van der Waals surface area contributed by atoms with Gasteiger partial charge in [-0.25, -0.2) is 18.4 Å². The van der Waals surface area contributed by atoms with Gasteiger partial charge in [0.25, 0.3) is 0 Å². The normalized spacial score (nSPS) is 11.7. The predicted molar refractivity (Wildman–Crippen MR) is 111 cm³/mol. The minimum Gasteiger partial charge on any atom is -0.365 e. The summed E-state index contributed by atoms with van der Waals surface area (Å²) in [7, 11) is -3.61. The zero-order chi connectivity index (χ0) is 22.5. The predicted octanol–water partition coefficient (Wildman–Crippen LogP) is 4.01. The summed E-state index contributed by atoms with van der Waals surface area (Å²) in [6, 6.07) is 11.8. The lowest BCUT2D eigenvalue weighted by Crippen LogP contribution is -2.18. The molecule has 0 bridgehead atoms. The fourth-order valence-electron chi connectivity index (χ4n) is 2.51. The third-order valence-electron chi connectivity index (χ3n) is 4.09. The lowest BCUT2D eigenvalue weighted by molar-refractivity contribution is -0.137. The molecule has 0 atom stereocenters. The van der Waals surface area contributed by atoms with Crippen molar-refractivity contribution in [2.75, 3.05) is 21.1 Å².